The van der Waals surface area contributed by atoms with Crippen LogP contribution in [-0.2, 0) is 37.5 Å². The smallest absolute Gasteiger partial charge is 0.303 e. The molecule has 0 aliphatic rings. The van der Waals surface area contributed by atoms with Gasteiger partial charge in [0, 0.05) is 39.1 Å². The van der Waals surface area contributed by atoms with Crippen molar-refractivity contribution >= 4 is 5.97 Å². The van der Waals surface area contributed by atoms with Crippen LogP contribution >= 0.6 is 0 Å². The first kappa shape index (κ1) is 21.4. The molecule has 0 aromatic rings. The van der Waals surface area contributed by atoms with Crippen molar-refractivity contribution in [3.8, 4) is 0 Å². The molecule has 0 amide bonds. The zero-order chi connectivity index (χ0) is 14.0. The van der Waals surface area contributed by atoms with E-state index >= 15 is 0 Å². The van der Waals surface area contributed by atoms with Crippen LogP contribution in [0.25, 0.3) is 0 Å². The van der Waals surface area contributed by atoms with Crippen molar-refractivity contribution in [1.82, 2.24) is 0 Å². The fourth-order valence-electron chi connectivity index (χ4n) is 2.05. The summed E-state index contributed by atoms with van der Waals surface area (Å²) in [5, 5.41) is 8.92. The molecule has 0 saturated carbocycles. The van der Waals surface area contributed by atoms with E-state index in [1.807, 2.05) is 6.08 Å². The maximum absolute atomic E-state index is 10.8. The Labute approximate surface area is 143 Å². The van der Waals surface area contributed by atoms with E-state index in [9.17, 15) is 4.79 Å². The maximum atomic E-state index is 10.8. The molecule has 2 unspecified atom stereocenters. The number of aliphatic carboxylic acids is 1. The van der Waals surface area contributed by atoms with E-state index in [0.29, 0.717) is 5.92 Å². The van der Waals surface area contributed by atoms with Crippen LogP contribution in [0.4, 0.5) is 0 Å². The Bertz CT molecular complexity index is 274. The minimum absolute atomic E-state index is 0. The van der Waals surface area contributed by atoms with Crippen LogP contribution < -0.4 is 0 Å². The average Bonchev–Trinajstić information content (AvgIpc) is 2.32. The van der Waals surface area contributed by atoms with E-state index < -0.39 is 5.97 Å². The minimum Gasteiger partial charge on any atom is -0.481 e. The molecular weight excluding hydrogens is 313 g/mol. The number of hydrogen-bond donors (Lipinski definition) is 1. The van der Waals surface area contributed by atoms with E-state index in [-0.39, 0.29) is 45.0 Å². The quantitative estimate of drug-likeness (QED) is 0.440. The van der Waals surface area contributed by atoms with Crippen LogP contribution in [0.15, 0.2) is 24.8 Å². The number of carbonyl (C=O) groups is 1. The van der Waals surface area contributed by atoms with Gasteiger partial charge in [0.2, 0.25) is 0 Å². The summed E-state index contributed by atoms with van der Waals surface area (Å²) < 4.78 is 0. The molecule has 0 aromatic carbocycles. The van der Waals surface area contributed by atoms with Gasteiger partial charge in [-0.25, -0.2) is 0 Å². The largest absolute Gasteiger partial charge is 0.481 e. The summed E-state index contributed by atoms with van der Waals surface area (Å²) in [6.45, 7) is 13.6. The van der Waals surface area contributed by atoms with Gasteiger partial charge in [-0.2, -0.15) is 6.42 Å². The molecular formula is C16H27O2Y-. The second-order valence-electron chi connectivity index (χ2n) is 5.21. The first-order valence-electron chi connectivity index (χ1n) is 6.78. The zero-order valence-electron chi connectivity index (χ0n) is 12.2. The third-order valence-corrected chi connectivity index (χ3v) is 3.36. The third kappa shape index (κ3) is 12.8. The summed E-state index contributed by atoms with van der Waals surface area (Å²) in [5.41, 5.74) is 1.12. The zero-order valence-corrected chi connectivity index (χ0v) is 15.1. The van der Waals surface area contributed by atoms with E-state index in [1.165, 1.54) is 0 Å². The van der Waals surface area contributed by atoms with Gasteiger partial charge in [-0.1, -0.05) is 19.4 Å². The summed E-state index contributed by atoms with van der Waals surface area (Å²) in [5.74, 6) is 0.157. The van der Waals surface area contributed by atoms with Gasteiger partial charge in [0.25, 0.3) is 0 Å². The Morgan fingerprint density at radius 3 is 2.47 bits per heavy atom. The maximum Gasteiger partial charge on any atom is 0.303 e. The van der Waals surface area contributed by atoms with Gasteiger partial charge >= 0.3 is 5.97 Å². The van der Waals surface area contributed by atoms with Crippen molar-refractivity contribution in [2.75, 3.05) is 0 Å². The predicted octanol–water partition coefficient (Wildman–Crippen LogP) is 4.63. The van der Waals surface area contributed by atoms with Gasteiger partial charge in [-0.15, -0.1) is 18.7 Å². The van der Waals surface area contributed by atoms with Gasteiger partial charge < -0.3 is 12.0 Å². The summed E-state index contributed by atoms with van der Waals surface area (Å²) >= 11 is 0. The Morgan fingerprint density at radius 1 is 1.37 bits per heavy atom. The van der Waals surface area contributed by atoms with Crippen LogP contribution in [0.2, 0.25) is 0 Å². The monoisotopic (exact) mass is 340 g/mol. The summed E-state index contributed by atoms with van der Waals surface area (Å²) in [4.78, 5) is 10.8. The molecule has 19 heavy (non-hydrogen) atoms. The van der Waals surface area contributed by atoms with Crippen LogP contribution in [0.5, 0.6) is 0 Å². The molecule has 0 bridgehead atoms. The Kier molecular flexibility index (Phi) is 14.7. The molecule has 1 radical (unpaired) electrons. The Balaban J connectivity index is 0. The van der Waals surface area contributed by atoms with Crippen LogP contribution in [0.3, 0.4) is 0 Å². The van der Waals surface area contributed by atoms with E-state index in [0.717, 1.165) is 44.1 Å². The standard InChI is InChI=1S/C16H27O2.Y/c1-5-7-14(4)9-11-15(12-16(17)18)10-8-13(3)6-2;/h5,14-15H,1-3,6-12H2,4H3,(H,17,18);/q-1;. The third-order valence-electron chi connectivity index (χ3n) is 3.36. The molecule has 107 valence electrons. The molecule has 2 nitrogen and oxygen atoms in total. The van der Waals surface area contributed by atoms with E-state index in [2.05, 4.69) is 27.0 Å². The SMILES string of the molecule is C=CCC(C)CCC(CCC(=C)C[CH2-])CC(=O)O.[Y]. The van der Waals surface area contributed by atoms with Gasteiger partial charge in [-0.3, -0.25) is 4.79 Å². The molecule has 0 rings (SSSR count). The van der Waals surface area contributed by atoms with Crippen molar-refractivity contribution in [3.05, 3.63) is 31.7 Å². The molecule has 0 fully saturated rings. The van der Waals surface area contributed by atoms with E-state index in [1.54, 1.807) is 0 Å². The normalized spacial score (nSPS) is 13.2. The van der Waals surface area contributed by atoms with Crippen molar-refractivity contribution < 1.29 is 42.6 Å². The average molecular weight is 340 g/mol. The Hall–Kier alpha value is 0.0539. The van der Waals surface area contributed by atoms with Crippen molar-refractivity contribution in [2.24, 2.45) is 11.8 Å². The molecule has 1 N–H and O–H groups in total. The summed E-state index contributed by atoms with van der Waals surface area (Å²) in [7, 11) is 0. The minimum atomic E-state index is -0.698. The van der Waals surface area contributed by atoms with Gasteiger partial charge in [0.05, 0.1) is 0 Å². The molecule has 0 heterocycles. The summed E-state index contributed by atoms with van der Waals surface area (Å²) in [6.07, 6.45) is 7.82. The second-order valence-corrected chi connectivity index (χ2v) is 5.21. The Morgan fingerprint density at radius 2 is 2.00 bits per heavy atom. The molecule has 0 aliphatic carbocycles. The molecule has 0 aromatic heterocycles. The van der Waals surface area contributed by atoms with Gasteiger partial charge in [0.15, 0.2) is 0 Å². The fraction of sp³-hybridized carbons (Fsp3) is 0.625. The second kappa shape index (κ2) is 13.1. The number of allylic oxidation sites excluding steroid dienone is 2. The van der Waals surface area contributed by atoms with Crippen LogP contribution in [0.1, 0.15) is 51.9 Å². The molecule has 3 heteroatoms. The number of hydrogen-bond acceptors (Lipinski definition) is 1. The first-order valence-corrected chi connectivity index (χ1v) is 6.78. The molecule has 0 spiro atoms. The number of rotatable bonds is 11. The topological polar surface area (TPSA) is 37.3 Å². The predicted molar refractivity (Wildman–Crippen MR) is 77.3 cm³/mol. The van der Waals surface area contributed by atoms with Gasteiger partial charge in [-0.05, 0) is 37.5 Å². The van der Waals surface area contributed by atoms with Crippen molar-refractivity contribution in [1.29, 1.82) is 0 Å². The molecule has 0 saturated heterocycles. The van der Waals surface area contributed by atoms with Crippen molar-refractivity contribution in [2.45, 2.75) is 51.9 Å². The fourth-order valence-corrected chi connectivity index (χ4v) is 2.05. The van der Waals surface area contributed by atoms with Crippen LogP contribution in [0, 0.1) is 18.8 Å². The number of carboxylic acid groups (broad SMARTS) is 1. The van der Waals surface area contributed by atoms with E-state index in [4.69, 9.17) is 5.11 Å². The number of carboxylic acids is 1. The molecule has 0 aliphatic heterocycles. The molecule has 2 atom stereocenters. The first-order chi connectivity index (χ1) is 8.49. The van der Waals surface area contributed by atoms with Crippen LogP contribution in [-0.4, -0.2) is 11.1 Å². The van der Waals surface area contributed by atoms with Gasteiger partial charge in [0.1, 0.15) is 0 Å². The van der Waals surface area contributed by atoms with Crippen molar-refractivity contribution in [3.63, 3.8) is 0 Å². The summed E-state index contributed by atoms with van der Waals surface area (Å²) in [6, 6.07) is 0.